The molecule has 0 saturated heterocycles. The van der Waals surface area contributed by atoms with E-state index in [1.807, 2.05) is 27.7 Å². The summed E-state index contributed by atoms with van der Waals surface area (Å²) in [7, 11) is 2.07. The second-order valence-electron chi connectivity index (χ2n) is 7.33. The Morgan fingerprint density at radius 3 is 2.46 bits per heavy atom. The Kier molecular flexibility index (Phi) is 6.34. The minimum Gasteiger partial charge on any atom is -0.334 e. The average molecular weight is 353 g/mol. The second-order valence-corrected chi connectivity index (χ2v) is 8.41. The van der Waals surface area contributed by atoms with Crippen LogP contribution in [0.2, 0.25) is 0 Å². The normalized spacial score (nSPS) is 14.8. The molecule has 2 rings (SSSR count). The van der Waals surface area contributed by atoms with Crippen molar-refractivity contribution in [2.75, 3.05) is 32.0 Å². The summed E-state index contributed by atoms with van der Waals surface area (Å²) >= 11 is 1.47. The summed E-state index contributed by atoms with van der Waals surface area (Å²) in [6, 6.07) is 0. The number of nitrogens with one attached hydrogen (secondary N) is 1. The van der Waals surface area contributed by atoms with E-state index in [0.717, 1.165) is 25.2 Å². The number of thiazole rings is 1. The number of nitrogens with zero attached hydrogens (tertiary/aromatic N) is 3. The molecule has 2 amide bonds. The van der Waals surface area contributed by atoms with Gasteiger partial charge >= 0.3 is 11.8 Å². The maximum atomic E-state index is 12.5. The minimum atomic E-state index is -0.587. The molecule has 0 radical (unpaired) electrons. The minimum absolute atomic E-state index is 0.322. The molecule has 1 aromatic heterocycles. The van der Waals surface area contributed by atoms with Gasteiger partial charge in [-0.25, -0.2) is 4.98 Å². The Morgan fingerprint density at radius 1 is 1.25 bits per heavy atom. The predicted octanol–water partition coefficient (Wildman–Crippen LogP) is 2.21. The summed E-state index contributed by atoms with van der Waals surface area (Å²) in [5.74, 6) is -0.412. The van der Waals surface area contributed by atoms with Gasteiger partial charge in [-0.1, -0.05) is 27.7 Å². The molecule has 0 atom stereocenters. The number of aromatic nitrogens is 1. The monoisotopic (exact) mass is 352 g/mol. The van der Waals surface area contributed by atoms with Gasteiger partial charge in [-0.15, -0.1) is 11.3 Å². The highest BCUT2D eigenvalue weighted by molar-refractivity contribution is 7.16. The number of likely N-dealkylation sites (N-methyl/N-ethyl adjacent to an activating group) is 1. The number of hydrogen-bond acceptors (Lipinski definition) is 5. The van der Waals surface area contributed by atoms with E-state index in [-0.39, 0.29) is 0 Å². The first-order chi connectivity index (χ1) is 11.3. The Bertz CT molecular complexity index is 587. The lowest BCUT2D eigenvalue weighted by Crippen LogP contribution is -2.43. The van der Waals surface area contributed by atoms with Gasteiger partial charge in [0.05, 0.1) is 5.69 Å². The lowest BCUT2D eigenvalue weighted by Gasteiger charge is -2.25. The van der Waals surface area contributed by atoms with Gasteiger partial charge in [-0.2, -0.15) is 0 Å². The number of hydrogen-bond donors (Lipinski definition) is 1. The van der Waals surface area contributed by atoms with Crippen molar-refractivity contribution >= 4 is 28.3 Å². The van der Waals surface area contributed by atoms with E-state index in [1.165, 1.54) is 16.2 Å². The summed E-state index contributed by atoms with van der Waals surface area (Å²) in [6.07, 6.45) is 0.888. The van der Waals surface area contributed by atoms with Crippen LogP contribution in [0.25, 0.3) is 0 Å². The van der Waals surface area contributed by atoms with Crippen LogP contribution < -0.4 is 5.32 Å². The summed E-state index contributed by atoms with van der Waals surface area (Å²) in [6.45, 7) is 11.2. The Hall–Kier alpha value is -1.47. The molecule has 1 aromatic rings. The van der Waals surface area contributed by atoms with Gasteiger partial charge in [0.1, 0.15) is 0 Å². The molecule has 6 nitrogen and oxygen atoms in total. The van der Waals surface area contributed by atoms with Gasteiger partial charge in [-0.05, 0) is 18.9 Å². The molecule has 0 spiro atoms. The van der Waals surface area contributed by atoms with Crippen molar-refractivity contribution in [3.05, 3.63) is 10.6 Å². The maximum Gasteiger partial charge on any atom is 0.315 e. The molecule has 1 aliphatic rings. The van der Waals surface area contributed by atoms with E-state index in [2.05, 4.69) is 22.2 Å². The van der Waals surface area contributed by atoms with Gasteiger partial charge in [0.15, 0.2) is 5.13 Å². The fourth-order valence-corrected chi connectivity index (χ4v) is 3.88. The van der Waals surface area contributed by atoms with Crippen LogP contribution in [0.15, 0.2) is 0 Å². The van der Waals surface area contributed by atoms with Gasteiger partial charge in [0.25, 0.3) is 0 Å². The van der Waals surface area contributed by atoms with Gasteiger partial charge < -0.3 is 9.80 Å². The lowest BCUT2D eigenvalue weighted by atomic mass is 10.1. The van der Waals surface area contributed by atoms with E-state index in [0.29, 0.717) is 30.1 Å². The van der Waals surface area contributed by atoms with Crippen LogP contribution in [0.3, 0.4) is 0 Å². The van der Waals surface area contributed by atoms with Crippen LogP contribution in [0.5, 0.6) is 0 Å². The summed E-state index contributed by atoms with van der Waals surface area (Å²) in [5.41, 5.74) is 1.04. The molecular formula is C17H28N4O2S. The number of fused-ring (bicyclic) bond motifs is 1. The number of carbonyl (C=O) groups excluding carboxylic acids is 2. The highest BCUT2D eigenvalue weighted by Gasteiger charge is 2.25. The number of amides is 2. The fraction of sp³-hybridized carbons (Fsp3) is 0.706. The van der Waals surface area contributed by atoms with Crippen molar-refractivity contribution in [1.29, 1.82) is 0 Å². The molecule has 0 aliphatic carbocycles. The maximum absolute atomic E-state index is 12.5. The molecule has 0 fully saturated rings. The van der Waals surface area contributed by atoms with Crippen molar-refractivity contribution in [1.82, 2.24) is 14.8 Å². The highest BCUT2D eigenvalue weighted by atomic mass is 32.1. The molecule has 134 valence electrons. The third-order valence-corrected chi connectivity index (χ3v) is 4.79. The third-order valence-electron chi connectivity index (χ3n) is 3.80. The summed E-state index contributed by atoms with van der Waals surface area (Å²) < 4.78 is 0. The fourth-order valence-electron chi connectivity index (χ4n) is 2.79. The van der Waals surface area contributed by atoms with Crippen LogP contribution in [0, 0.1) is 11.8 Å². The molecule has 0 aromatic carbocycles. The van der Waals surface area contributed by atoms with Crippen molar-refractivity contribution < 1.29 is 9.59 Å². The molecule has 2 heterocycles. The quantitative estimate of drug-likeness (QED) is 0.825. The molecular weight excluding hydrogens is 324 g/mol. The zero-order chi connectivity index (χ0) is 17.9. The first kappa shape index (κ1) is 18.9. The SMILES string of the molecule is CC(C)CN(CC(C)C)C(=O)C(=O)Nc1nc2c(s1)CN(C)CC2. The third kappa shape index (κ3) is 5.01. The first-order valence-electron chi connectivity index (χ1n) is 8.53. The topological polar surface area (TPSA) is 65.5 Å². The standard InChI is InChI=1S/C17H28N4O2S/c1-11(2)8-21(9-12(3)4)16(23)15(22)19-17-18-13-6-7-20(5)10-14(13)24-17/h11-12H,6-10H2,1-5H3,(H,18,19,22). The Labute approximate surface area is 148 Å². The van der Waals surface area contributed by atoms with Crippen LogP contribution >= 0.6 is 11.3 Å². The predicted molar refractivity (Wildman–Crippen MR) is 97.0 cm³/mol. The average Bonchev–Trinajstić information content (AvgIpc) is 2.85. The molecule has 1 N–H and O–H groups in total. The number of anilines is 1. The molecule has 1 aliphatic heterocycles. The molecule has 0 saturated carbocycles. The van der Waals surface area contributed by atoms with Crippen molar-refractivity contribution in [2.45, 2.75) is 40.7 Å². The van der Waals surface area contributed by atoms with Gasteiger partial charge in [0, 0.05) is 37.5 Å². The van der Waals surface area contributed by atoms with Crippen LogP contribution in [-0.2, 0) is 22.6 Å². The Morgan fingerprint density at radius 2 is 1.88 bits per heavy atom. The first-order valence-corrected chi connectivity index (χ1v) is 9.35. The number of carbonyl (C=O) groups is 2. The van der Waals surface area contributed by atoms with Gasteiger partial charge in [-0.3, -0.25) is 14.9 Å². The Balaban J connectivity index is 2.03. The van der Waals surface area contributed by atoms with Crippen LogP contribution in [-0.4, -0.2) is 53.3 Å². The van der Waals surface area contributed by atoms with Crippen LogP contribution in [0.4, 0.5) is 5.13 Å². The van der Waals surface area contributed by atoms with Gasteiger partial charge in [0.2, 0.25) is 0 Å². The summed E-state index contributed by atoms with van der Waals surface area (Å²) in [4.78, 5) is 34.4. The smallest absolute Gasteiger partial charge is 0.315 e. The van der Waals surface area contributed by atoms with E-state index in [9.17, 15) is 9.59 Å². The second kappa shape index (κ2) is 8.07. The van der Waals surface area contributed by atoms with E-state index < -0.39 is 11.8 Å². The zero-order valence-electron chi connectivity index (χ0n) is 15.3. The van der Waals surface area contributed by atoms with Crippen molar-refractivity contribution in [2.24, 2.45) is 11.8 Å². The lowest BCUT2D eigenvalue weighted by molar-refractivity contribution is -0.143. The van der Waals surface area contributed by atoms with Crippen LogP contribution in [0.1, 0.15) is 38.3 Å². The molecule has 24 heavy (non-hydrogen) atoms. The van der Waals surface area contributed by atoms with E-state index in [1.54, 1.807) is 4.90 Å². The highest BCUT2D eigenvalue weighted by Crippen LogP contribution is 2.27. The zero-order valence-corrected chi connectivity index (χ0v) is 16.1. The molecule has 0 bridgehead atoms. The number of rotatable bonds is 5. The van der Waals surface area contributed by atoms with E-state index >= 15 is 0 Å². The van der Waals surface area contributed by atoms with Crippen molar-refractivity contribution in [3.63, 3.8) is 0 Å². The molecule has 7 heteroatoms. The van der Waals surface area contributed by atoms with E-state index in [4.69, 9.17) is 0 Å². The van der Waals surface area contributed by atoms with Crippen molar-refractivity contribution in [3.8, 4) is 0 Å². The molecule has 0 unspecified atom stereocenters. The largest absolute Gasteiger partial charge is 0.334 e. The summed E-state index contributed by atoms with van der Waals surface area (Å²) in [5, 5.41) is 3.23.